The maximum Gasteiger partial charge on any atom is 0.472 e. The van der Waals surface area contributed by atoms with E-state index < -0.39 is 32.5 Å². The first-order chi connectivity index (χ1) is 28.9. The molecule has 0 aromatic heterocycles. The predicted octanol–water partition coefficient (Wildman–Crippen LogP) is 12.5. The molecule has 0 saturated carbocycles. The molecule has 0 fully saturated rings. The topological polar surface area (TPSA) is 138 Å². The van der Waals surface area contributed by atoms with Gasteiger partial charge < -0.3 is 18.9 Å². The van der Waals surface area contributed by atoms with Crippen molar-refractivity contribution in [2.24, 2.45) is 0 Å². The lowest BCUT2D eigenvalue weighted by molar-refractivity contribution is -0.870. The van der Waals surface area contributed by atoms with Crippen LogP contribution in [0.25, 0.3) is 0 Å². The Bertz CT molecular complexity index is 1270. The number of carbonyl (C=O) groups is 2. The molecule has 2 unspecified atom stereocenters. The van der Waals surface area contributed by atoms with E-state index in [9.17, 15) is 19.0 Å². The number of carbonyl (C=O) groups excluding carboxylic acids is 2. The number of nitrogens with zero attached hydrogens (tertiary/aromatic N) is 1. The monoisotopic (exact) mass is 867 g/mol. The molecular weight excluding hydrogens is 781 g/mol. The molecule has 2 N–H and O–H groups in total. The molecule has 0 saturated heterocycles. The molecule has 0 radical (unpaired) electrons. The number of phosphoric ester groups is 1. The number of hydrogen-bond donors (Lipinski definition) is 2. The molecule has 3 atom stereocenters. The highest BCUT2D eigenvalue weighted by Gasteiger charge is 2.27. The van der Waals surface area contributed by atoms with Gasteiger partial charge in [0.25, 0.3) is 0 Å². The first-order valence-electron chi connectivity index (χ1n) is 22.9. The van der Waals surface area contributed by atoms with Crippen LogP contribution in [0.5, 0.6) is 0 Å². The van der Waals surface area contributed by atoms with Gasteiger partial charge in [-0.1, -0.05) is 177 Å². The van der Waals surface area contributed by atoms with Gasteiger partial charge in [-0.25, -0.2) is 9.45 Å². The number of unbranched alkanes of at least 4 members (excludes halogenated alkanes) is 14. The summed E-state index contributed by atoms with van der Waals surface area (Å²) in [4.78, 5) is 39.8. The Kier molecular flexibility index (Phi) is 38.7. The van der Waals surface area contributed by atoms with Crippen molar-refractivity contribution in [2.75, 3.05) is 47.5 Å². The number of esters is 2. The third-order valence-electron chi connectivity index (χ3n) is 9.46. The molecule has 12 heteroatoms. The summed E-state index contributed by atoms with van der Waals surface area (Å²) in [5, 5.41) is 8.97. The second kappa shape index (κ2) is 40.4. The van der Waals surface area contributed by atoms with Crippen molar-refractivity contribution < 1.29 is 52.2 Å². The summed E-state index contributed by atoms with van der Waals surface area (Å²) in [5.74, 6) is -0.926. The predicted molar refractivity (Wildman–Crippen MR) is 245 cm³/mol. The fourth-order valence-electron chi connectivity index (χ4n) is 5.84. The lowest BCUT2D eigenvalue weighted by Crippen LogP contribution is -2.37. The maximum absolute atomic E-state index is 12.7. The number of quaternary nitrogens is 1. The van der Waals surface area contributed by atoms with Gasteiger partial charge in [-0.3, -0.25) is 23.9 Å². The third kappa shape index (κ3) is 42.1. The highest BCUT2D eigenvalue weighted by molar-refractivity contribution is 7.47. The number of phosphoric acid groups is 1. The molecule has 0 aliphatic heterocycles. The minimum atomic E-state index is -4.41. The van der Waals surface area contributed by atoms with Crippen LogP contribution < -0.4 is 0 Å². The molecule has 11 nitrogen and oxygen atoms in total. The smallest absolute Gasteiger partial charge is 0.462 e. The quantitative estimate of drug-likeness (QED) is 0.00892. The van der Waals surface area contributed by atoms with Gasteiger partial charge in [0.05, 0.1) is 27.7 Å². The van der Waals surface area contributed by atoms with Crippen LogP contribution in [0, 0.1) is 0 Å². The van der Waals surface area contributed by atoms with E-state index in [1.807, 2.05) is 69.8 Å². The summed E-state index contributed by atoms with van der Waals surface area (Å²) >= 11 is 0. The first kappa shape index (κ1) is 57.4. The van der Waals surface area contributed by atoms with Crippen LogP contribution in [0.15, 0.2) is 72.9 Å². The van der Waals surface area contributed by atoms with Gasteiger partial charge in [0.1, 0.15) is 25.9 Å². The second-order valence-corrected chi connectivity index (χ2v) is 17.8. The summed E-state index contributed by atoms with van der Waals surface area (Å²) in [6.45, 7) is 4.08. The van der Waals surface area contributed by atoms with Crippen molar-refractivity contribution in [2.45, 2.75) is 174 Å². The zero-order chi connectivity index (χ0) is 44.4. The van der Waals surface area contributed by atoms with E-state index in [4.69, 9.17) is 23.8 Å². The Morgan fingerprint density at radius 3 is 1.73 bits per heavy atom. The Morgan fingerprint density at radius 2 is 1.18 bits per heavy atom. The summed E-state index contributed by atoms with van der Waals surface area (Å²) in [7, 11) is 1.39. The lowest BCUT2D eigenvalue weighted by atomic mass is 10.0. The molecule has 0 rings (SSSR count). The van der Waals surface area contributed by atoms with E-state index in [1.165, 1.54) is 77.0 Å². The number of ether oxygens (including phenoxy) is 2. The lowest BCUT2D eigenvalue weighted by Gasteiger charge is -2.24. The van der Waals surface area contributed by atoms with E-state index in [2.05, 4.69) is 43.0 Å². The van der Waals surface area contributed by atoms with Crippen molar-refractivity contribution in [1.29, 1.82) is 0 Å². The van der Waals surface area contributed by atoms with Gasteiger partial charge in [0.15, 0.2) is 6.10 Å². The van der Waals surface area contributed by atoms with Gasteiger partial charge in [0.2, 0.25) is 0 Å². The Balaban J connectivity index is 4.53. The van der Waals surface area contributed by atoms with E-state index in [1.54, 1.807) is 0 Å². The highest BCUT2D eigenvalue weighted by Crippen LogP contribution is 2.43. The summed E-state index contributed by atoms with van der Waals surface area (Å²) in [6.07, 6.45) is 45.7. The first-order valence-corrected chi connectivity index (χ1v) is 24.4. The largest absolute Gasteiger partial charge is 0.472 e. The molecule has 0 aromatic rings. The summed E-state index contributed by atoms with van der Waals surface area (Å²) in [6, 6.07) is 0. The Labute approximate surface area is 365 Å². The van der Waals surface area contributed by atoms with E-state index in [0.717, 1.165) is 44.9 Å². The molecule has 0 spiro atoms. The van der Waals surface area contributed by atoms with Crippen molar-refractivity contribution in [1.82, 2.24) is 0 Å². The second-order valence-electron chi connectivity index (χ2n) is 16.3. The SMILES string of the molecule is CC/C=C\CC(/C=C/C=C\C/C=C\C/C=C\C/C=C\CCC(=O)O[C@@H](COC(=O)CCCCCCCCCCCCCCCCC)COP(=O)(O)OCC[N+](C)(C)C)OO. The van der Waals surface area contributed by atoms with Crippen molar-refractivity contribution in [3.63, 3.8) is 0 Å². The number of allylic oxidation sites excluding steroid dienone is 10. The molecule has 0 aromatic carbocycles. The molecule has 0 aliphatic rings. The molecule has 60 heavy (non-hydrogen) atoms. The normalized spacial score (nSPS) is 14.7. The van der Waals surface area contributed by atoms with Crippen LogP contribution in [0.4, 0.5) is 0 Å². The average Bonchev–Trinajstić information content (AvgIpc) is 3.20. The zero-order valence-corrected chi connectivity index (χ0v) is 39.1. The van der Waals surface area contributed by atoms with Gasteiger partial charge in [-0.05, 0) is 44.9 Å². The van der Waals surface area contributed by atoms with Crippen LogP contribution in [-0.4, -0.2) is 86.3 Å². The summed E-state index contributed by atoms with van der Waals surface area (Å²) < 4.78 is 34.2. The van der Waals surface area contributed by atoms with Gasteiger partial charge >= 0.3 is 19.8 Å². The van der Waals surface area contributed by atoms with Crippen LogP contribution in [-0.2, 0) is 37.6 Å². The van der Waals surface area contributed by atoms with Gasteiger partial charge in [-0.2, -0.15) is 0 Å². The molecule has 0 heterocycles. The third-order valence-corrected chi connectivity index (χ3v) is 10.4. The van der Waals surface area contributed by atoms with E-state index >= 15 is 0 Å². The van der Waals surface area contributed by atoms with Crippen molar-refractivity contribution in [3.8, 4) is 0 Å². The number of rotatable bonds is 41. The van der Waals surface area contributed by atoms with Crippen LogP contribution >= 0.6 is 7.82 Å². The zero-order valence-electron chi connectivity index (χ0n) is 38.2. The summed E-state index contributed by atoms with van der Waals surface area (Å²) in [5.41, 5.74) is 0. The standard InChI is InChI=1S/C48H84NO10P/c1-6-8-10-11-12-13-14-15-16-19-22-25-28-31-35-39-47(50)55-43-46(44-57-60(53,54)56-42-41-49(3,4)5)58-48(51)40-36-32-29-26-23-20-17-18-21-24-27-30-34-38-45(59-52)37-33-9-7-2/h9,18,20-21,23,27,29-30,32-34,38,45-46H,6-8,10-17,19,22,24-26,28,31,35-37,39-44H2,1-5H3,(H-,52,53,54)/p+1/b21-18-,23-20-,30-27-,32-29-,33-9-,38-34+/t45?,46-/m0/s1. The Morgan fingerprint density at radius 1 is 0.633 bits per heavy atom. The van der Waals surface area contributed by atoms with Crippen LogP contribution in [0.3, 0.4) is 0 Å². The minimum Gasteiger partial charge on any atom is -0.462 e. The molecule has 0 aliphatic carbocycles. The molecular formula is C48H85NO10P+. The van der Waals surface area contributed by atoms with Gasteiger partial charge in [-0.15, -0.1) is 0 Å². The number of likely N-dealkylation sites (N-methyl/N-ethyl adjacent to an activating group) is 1. The van der Waals surface area contributed by atoms with Crippen molar-refractivity contribution in [3.05, 3.63) is 72.9 Å². The highest BCUT2D eigenvalue weighted by atomic mass is 31.2. The molecule has 0 bridgehead atoms. The Hall–Kier alpha value is -2.63. The van der Waals surface area contributed by atoms with Crippen LogP contribution in [0.2, 0.25) is 0 Å². The van der Waals surface area contributed by atoms with Crippen LogP contribution in [0.1, 0.15) is 162 Å². The maximum atomic E-state index is 12.7. The number of hydrogen-bond acceptors (Lipinski definition) is 9. The average molecular weight is 867 g/mol. The fourth-order valence-corrected chi connectivity index (χ4v) is 6.58. The van der Waals surface area contributed by atoms with Gasteiger partial charge in [0, 0.05) is 12.8 Å². The minimum absolute atomic E-state index is 0.00607. The van der Waals surface area contributed by atoms with E-state index in [-0.39, 0.29) is 32.2 Å². The fraction of sp³-hybridized carbons (Fsp3) is 0.708. The molecule has 0 amide bonds. The molecule has 346 valence electrons. The van der Waals surface area contributed by atoms with Crippen molar-refractivity contribution >= 4 is 19.8 Å². The van der Waals surface area contributed by atoms with E-state index in [0.29, 0.717) is 23.9 Å².